The summed E-state index contributed by atoms with van der Waals surface area (Å²) in [7, 11) is 4.81. The Bertz CT molecular complexity index is 355. The molecule has 1 atom stereocenters. The van der Waals surface area contributed by atoms with Crippen molar-refractivity contribution >= 4 is 0 Å². The smallest absolute Gasteiger partial charge is 0.203 e. The Morgan fingerprint density at radius 1 is 1.11 bits per heavy atom. The third-order valence-corrected chi connectivity index (χ3v) is 2.52. The van der Waals surface area contributed by atoms with Crippen LogP contribution in [0.3, 0.4) is 0 Å². The summed E-state index contributed by atoms with van der Waals surface area (Å²) >= 11 is 0. The number of ether oxygens (including phenoxy) is 3. The van der Waals surface area contributed by atoms with Gasteiger partial charge in [0.15, 0.2) is 11.5 Å². The molecule has 0 spiro atoms. The van der Waals surface area contributed by atoms with E-state index in [1.54, 1.807) is 21.3 Å². The van der Waals surface area contributed by atoms with Gasteiger partial charge in [0.1, 0.15) is 0 Å². The third kappa shape index (κ3) is 3.78. The molecule has 1 unspecified atom stereocenters. The normalized spacial score (nSPS) is 12.1. The van der Waals surface area contributed by atoms with Gasteiger partial charge in [-0.2, -0.15) is 0 Å². The molecular formula is C13H22N2O3. The predicted octanol–water partition coefficient (Wildman–Crippen LogP) is 1.15. The van der Waals surface area contributed by atoms with Crippen molar-refractivity contribution in [3.05, 3.63) is 17.7 Å². The first kappa shape index (κ1) is 14.6. The molecule has 0 amide bonds. The first-order chi connectivity index (χ1) is 8.62. The maximum absolute atomic E-state index is 5.68. The van der Waals surface area contributed by atoms with Crippen LogP contribution in [-0.4, -0.2) is 33.9 Å². The summed E-state index contributed by atoms with van der Waals surface area (Å²) in [4.78, 5) is 0. The molecule has 0 aromatic heterocycles. The second-order valence-electron chi connectivity index (χ2n) is 4.14. The molecule has 18 heavy (non-hydrogen) atoms. The summed E-state index contributed by atoms with van der Waals surface area (Å²) in [5.74, 6) is 1.93. The fourth-order valence-electron chi connectivity index (χ4n) is 1.68. The lowest BCUT2D eigenvalue weighted by Crippen LogP contribution is -2.30. The number of nitrogens with one attached hydrogen (secondary N) is 1. The summed E-state index contributed by atoms with van der Waals surface area (Å²) < 4.78 is 15.8. The number of methoxy groups -OCH3 is 3. The average molecular weight is 254 g/mol. The summed E-state index contributed by atoms with van der Waals surface area (Å²) in [6.45, 7) is 3.43. The fourth-order valence-corrected chi connectivity index (χ4v) is 1.68. The molecule has 0 saturated heterocycles. The van der Waals surface area contributed by atoms with E-state index in [2.05, 4.69) is 5.32 Å². The molecule has 0 saturated carbocycles. The lowest BCUT2D eigenvalue weighted by atomic mass is 10.1. The number of hydrogen-bond donors (Lipinski definition) is 2. The summed E-state index contributed by atoms with van der Waals surface area (Å²) in [5, 5.41) is 3.26. The van der Waals surface area contributed by atoms with Gasteiger partial charge in [-0.15, -0.1) is 0 Å². The van der Waals surface area contributed by atoms with Crippen molar-refractivity contribution in [3.8, 4) is 17.2 Å². The number of nitrogens with two attached hydrogens (primary N) is 1. The van der Waals surface area contributed by atoms with E-state index in [1.165, 1.54) is 0 Å². The quantitative estimate of drug-likeness (QED) is 0.764. The van der Waals surface area contributed by atoms with Crippen molar-refractivity contribution in [2.24, 2.45) is 5.73 Å². The van der Waals surface area contributed by atoms with Crippen LogP contribution in [-0.2, 0) is 6.54 Å². The van der Waals surface area contributed by atoms with Crippen LogP contribution >= 0.6 is 0 Å². The SMILES string of the molecule is COc1cc(CNCC(C)N)cc(OC)c1OC. The minimum absolute atomic E-state index is 0.132. The highest BCUT2D eigenvalue weighted by Gasteiger charge is 2.12. The van der Waals surface area contributed by atoms with E-state index in [0.29, 0.717) is 23.8 Å². The molecule has 0 radical (unpaired) electrons. The molecule has 1 aromatic carbocycles. The topological polar surface area (TPSA) is 65.7 Å². The van der Waals surface area contributed by atoms with Gasteiger partial charge in [0.05, 0.1) is 21.3 Å². The van der Waals surface area contributed by atoms with E-state index < -0.39 is 0 Å². The minimum atomic E-state index is 0.132. The molecule has 0 aliphatic heterocycles. The Hall–Kier alpha value is -1.46. The van der Waals surface area contributed by atoms with Crippen molar-refractivity contribution in [1.82, 2.24) is 5.32 Å². The van der Waals surface area contributed by atoms with Gasteiger partial charge < -0.3 is 25.3 Å². The Labute approximate surface area is 108 Å². The largest absolute Gasteiger partial charge is 0.493 e. The van der Waals surface area contributed by atoms with Gasteiger partial charge in [0, 0.05) is 19.1 Å². The highest BCUT2D eigenvalue weighted by Crippen LogP contribution is 2.38. The van der Waals surface area contributed by atoms with Crippen LogP contribution in [0.2, 0.25) is 0 Å². The average Bonchev–Trinajstić information content (AvgIpc) is 2.36. The molecule has 0 aliphatic carbocycles. The number of hydrogen-bond acceptors (Lipinski definition) is 5. The zero-order chi connectivity index (χ0) is 13.5. The maximum atomic E-state index is 5.68. The number of benzene rings is 1. The van der Waals surface area contributed by atoms with Crippen molar-refractivity contribution in [2.75, 3.05) is 27.9 Å². The molecule has 0 aliphatic rings. The molecule has 5 heteroatoms. The molecule has 0 heterocycles. The first-order valence-corrected chi connectivity index (χ1v) is 5.87. The lowest BCUT2D eigenvalue weighted by Gasteiger charge is -2.14. The molecule has 1 rings (SSSR count). The fraction of sp³-hybridized carbons (Fsp3) is 0.538. The third-order valence-electron chi connectivity index (χ3n) is 2.52. The Morgan fingerprint density at radius 2 is 1.67 bits per heavy atom. The lowest BCUT2D eigenvalue weighted by molar-refractivity contribution is 0.323. The van der Waals surface area contributed by atoms with Crippen LogP contribution in [0.25, 0.3) is 0 Å². The van der Waals surface area contributed by atoms with Crippen LogP contribution in [0.15, 0.2) is 12.1 Å². The minimum Gasteiger partial charge on any atom is -0.493 e. The van der Waals surface area contributed by atoms with E-state index in [9.17, 15) is 0 Å². The predicted molar refractivity (Wildman–Crippen MR) is 71.5 cm³/mol. The van der Waals surface area contributed by atoms with Gasteiger partial charge in [-0.3, -0.25) is 0 Å². The van der Waals surface area contributed by atoms with E-state index in [0.717, 1.165) is 12.1 Å². The van der Waals surface area contributed by atoms with Gasteiger partial charge in [0.25, 0.3) is 0 Å². The van der Waals surface area contributed by atoms with Crippen LogP contribution in [0, 0.1) is 0 Å². The second kappa shape index (κ2) is 7.08. The number of rotatable bonds is 7. The molecule has 1 aromatic rings. The molecule has 0 fully saturated rings. The van der Waals surface area contributed by atoms with E-state index >= 15 is 0 Å². The molecule has 102 valence electrons. The van der Waals surface area contributed by atoms with E-state index in [4.69, 9.17) is 19.9 Å². The standard InChI is InChI=1S/C13H22N2O3/c1-9(14)7-15-8-10-5-11(16-2)13(18-4)12(6-10)17-3/h5-6,9,15H,7-8,14H2,1-4H3. The van der Waals surface area contributed by atoms with Gasteiger partial charge in [-0.1, -0.05) is 0 Å². The molecular weight excluding hydrogens is 232 g/mol. The van der Waals surface area contributed by atoms with Crippen LogP contribution in [0.5, 0.6) is 17.2 Å². The van der Waals surface area contributed by atoms with E-state index in [-0.39, 0.29) is 6.04 Å². The first-order valence-electron chi connectivity index (χ1n) is 5.87. The Morgan fingerprint density at radius 3 is 2.06 bits per heavy atom. The maximum Gasteiger partial charge on any atom is 0.203 e. The summed E-state index contributed by atoms with van der Waals surface area (Å²) in [6.07, 6.45) is 0. The van der Waals surface area contributed by atoms with E-state index in [1.807, 2.05) is 19.1 Å². The Kier molecular flexibility index (Phi) is 5.74. The van der Waals surface area contributed by atoms with Gasteiger partial charge in [-0.05, 0) is 24.6 Å². The highest BCUT2D eigenvalue weighted by molar-refractivity contribution is 5.53. The van der Waals surface area contributed by atoms with Gasteiger partial charge >= 0.3 is 0 Å². The zero-order valence-electron chi connectivity index (χ0n) is 11.4. The summed E-state index contributed by atoms with van der Waals surface area (Å²) in [5.41, 5.74) is 6.74. The zero-order valence-corrected chi connectivity index (χ0v) is 11.4. The van der Waals surface area contributed by atoms with Crippen molar-refractivity contribution < 1.29 is 14.2 Å². The van der Waals surface area contributed by atoms with Crippen LogP contribution in [0.1, 0.15) is 12.5 Å². The highest BCUT2D eigenvalue weighted by atomic mass is 16.5. The molecule has 0 bridgehead atoms. The summed E-state index contributed by atoms with van der Waals surface area (Å²) in [6, 6.07) is 3.98. The molecule has 5 nitrogen and oxygen atoms in total. The monoisotopic (exact) mass is 254 g/mol. The Balaban J connectivity index is 2.86. The molecule has 3 N–H and O–H groups in total. The van der Waals surface area contributed by atoms with Crippen LogP contribution < -0.4 is 25.3 Å². The van der Waals surface area contributed by atoms with Gasteiger partial charge in [0.2, 0.25) is 5.75 Å². The van der Waals surface area contributed by atoms with Gasteiger partial charge in [-0.25, -0.2) is 0 Å². The second-order valence-corrected chi connectivity index (χ2v) is 4.14. The van der Waals surface area contributed by atoms with Crippen molar-refractivity contribution in [3.63, 3.8) is 0 Å². The van der Waals surface area contributed by atoms with Crippen molar-refractivity contribution in [2.45, 2.75) is 19.5 Å². The van der Waals surface area contributed by atoms with Crippen molar-refractivity contribution in [1.29, 1.82) is 0 Å². The van der Waals surface area contributed by atoms with Crippen LogP contribution in [0.4, 0.5) is 0 Å².